The van der Waals surface area contributed by atoms with Gasteiger partial charge in [-0.15, -0.1) is 11.8 Å². The van der Waals surface area contributed by atoms with E-state index in [1.54, 1.807) is 16.7 Å². The molecular weight excluding hydrogens is 520 g/mol. The number of carbonyl (C=O) groups is 2. The van der Waals surface area contributed by atoms with Gasteiger partial charge in [0.1, 0.15) is 6.04 Å². The molecule has 0 bridgehead atoms. The average Bonchev–Trinajstić information content (AvgIpc) is 2.84. The van der Waals surface area contributed by atoms with E-state index in [9.17, 15) is 9.59 Å². The topological polar surface area (TPSA) is 49.4 Å². The van der Waals surface area contributed by atoms with E-state index in [4.69, 9.17) is 0 Å². The third kappa shape index (κ3) is 8.55. The van der Waals surface area contributed by atoms with Gasteiger partial charge in [0.2, 0.25) is 11.8 Å². The van der Waals surface area contributed by atoms with Gasteiger partial charge in [-0.3, -0.25) is 9.59 Å². The van der Waals surface area contributed by atoms with Gasteiger partial charge in [-0.1, -0.05) is 82.7 Å². The van der Waals surface area contributed by atoms with Crippen LogP contribution in [0.25, 0.3) is 0 Å². The second-order valence-corrected chi connectivity index (χ2v) is 10.8. The number of thioether (sulfide) groups is 1. The molecule has 3 aromatic carbocycles. The van der Waals surface area contributed by atoms with Crippen molar-refractivity contribution in [2.45, 2.75) is 51.6 Å². The molecule has 0 aliphatic heterocycles. The third-order valence-corrected chi connectivity index (χ3v) is 7.21. The Hall–Kier alpha value is -2.57. The highest BCUT2D eigenvalue weighted by molar-refractivity contribution is 9.10. The summed E-state index contributed by atoms with van der Waals surface area (Å²) in [7, 11) is 0. The predicted molar refractivity (Wildman–Crippen MR) is 149 cm³/mol. The summed E-state index contributed by atoms with van der Waals surface area (Å²) in [5, 5.41) is 3.04. The first-order chi connectivity index (χ1) is 16.8. The fourth-order valence-corrected chi connectivity index (χ4v) is 5.08. The van der Waals surface area contributed by atoms with Crippen molar-refractivity contribution in [3.05, 3.63) is 106 Å². The molecule has 0 aliphatic carbocycles. The molecule has 0 aromatic heterocycles. The lowest BCUT2D eigenvalue weighted by Crippen LogP contribution is -2.52. The first-order valence-corrected chi connectivity index (χ1v) is 13.8. The molecule has 0 aliphatic rings. The highest BCUT2D eigenvalue weighted by Crippen LogP contribution is 2.20. The molecule has 0 fully saturated rings. The van der Waals surface area contributed by atoms with Gasteiger partial charge < -0.3 is 10.2 Å². The van der Waals surface area contributed by atoms with E-state index >= 15 is 0 Å². The fraction of sp³-hybridized carbons (Fsp3) is 0.310. The number of carbonyl (C=O) groups excluding carboxylic acids is 2. The van der Waals surface area contributed by atoms with Crippen molar-refractivity contribution in [2.24, 2.45) is 0 Å². The van der Waals surface area contributed by atoms with Crippen LogP contribution in [-0.2, 0) is 28.3 Å². The van der Waals surface area contributed by atoms with Gasteiger partial charge in [0.15, 0.2) is 0 Å². The van der Waals surface area contributed by atoms with Gasteiger partial charge in [0.05, 0.1) is 5.75 Å². The van der Waals surface area contributed by atoms with Gasteiger partial charge in [-0.25, -0.2) is 0 Å². The van der Waals surface area contributed by atoms with Crippen LogP contribution in [0.3, 0.4) is 0 Å². The van der Waals surface area contributed by atoms with Crippen LogP contribution in [0.2, 0.25) is 0 Å². The van der Waals surface area contributed by atoms with E-state index in [1.165, 1.54) is 11.1 Å². The van der Waals surface area contributed by atoms with Crippen molar-refractivity contribution < 1.29 is 9.59 Å². The number of aryl methyl sites for hydroxylation is 1. The van der Waals surface area contributed by atoms with Gasteiger partial charge >= 0.3 is 0 Å². The molecule has 0 radical (unpaired) electrons. The SMILES string of the molecule is Cc1ccccc1CSCC(=O)N(Cc1ccc(Br)cc1)C(Cc1ccccc1)C(=O)NC(C)C. The summed E-state index contributed by atoms with van der Waals surface area (Å²) in [6.07, 6.45) is 0.462. The smallest absolute Gasteiger partial charge is 0.243 e. The van der Waals surface area contributed by atoms with Crippen LogP contribution in [0.15, 0.2) is 83.3 Å². The van der Waals surface area contributed by atoms with Crippen LogP contribution in [-0.4, -0.2) is 34.6 Å². The van der Waals surface area contributed by atoms with Crippen LogP contribution in [0, 0.1) is 6.92 Å². The maximum Gasteiger partial charge on any atom is 0.243 e. The zero-order valence-corrected chi connectivity index (χ0v) is 22.9. The number of nitrogens with one attached hydrogen (secondary N) is 1. The lowest BCUT2D eigenvalue weighted by molar-refractivity contribution is -0.139. The highest BCUT2D eigenvalue weighted by Gasteiger charge is 2.30. The molecular formula is C29H33BrN2O2S. The Bertz CT molecular complexity index is 1100. The third-order valence-electron chi connectivity index (χ3n) is 5.71. The Balaban J connectivity index is 1.84. The Morgan fingerprint density at radius 1 is 0.914 bits per heavy atom. The predicted octanol–water partition coefficient (Wildman–Crippen LogP) is 6.16. The summed E-state index contributed by atoms with van der Waals surface area (Å²) < 4.78 is 0.978. The normalized spacial score (nSPS) is 11.8. The van der Waals surface area contributed by atoms with Gasteiger partial charge in [0.25, 0.3) is 0 Å². The Morgan fingerprint density at radius 3 is 2.23 bits per heavy atom. The molecule has 2 amide bonds. The molecule has 1 unspecified atom stereocenters. The Morgan fingerprint density at radius 2 is 1.57 bits per heavy atom. The van der Waals surface area contributed by atoms with Crippen molar-refractivity contribution in [1.82, 2.24) is 10.2 Å². The van der Waals surface area contributed by atoms with Crippen LogP contribution in [0.4, 0.5) is 0 Å². The summed E-state index contributed by atoms with van der Waals surface area (Å²) in [4.78, 5) is 28.7. The second-order valence-electron chi connectivity index (χ2n) is 8.94. The molecule has 0 saturated heterocycles. The number of amides is 2. The number of rotatable bonds is 11. The molecule has 1 N–H and O–H groups in total. The lowest BCUT2D eigenvalue weighted by Gasteiger charge is -2.32. The molecule has 0 saturated carbocycles. The van der Waals surface area contributed by atoms with Gasteiger partial charge in [-0.05, 0) is 55.2 Å². The summed E-state index contributed by atoms with van der Waals surface area (Å²) >= 11 is 5.07. The molecule has 1 atom stereocenters. The summed E-state index contributed by atoms with van der Waals surface area (Å²) in [6.45, 7) is 6.34. The number of hydrogen-bond donors (Lipinski definition) is 1. The molecule has 35 heavy (non-hydrogen) atoms. The summed E-state index contributed by atoms with van der Waals surface area (Å²) in [6, 6.07) is 25.4. The van der Waals surface area contributed by atoms with Crippen LogP contribution < -0.4 is 5.32 Å². The average molecular weight is 554 g/mol. The van der Waals surface area contributed by atoms with Crippen molar-refractivity contribution in [2.75, 3.05) is 5.75 Å². The number of halogens is 1. The van der Waals surface area contributed by atoms with E-state index in [1.807, 2.05) is 80.6 Å². The quantitative estimate of drug-likeness (QED) is 0.310. The monoisotopic (exact) mass is 552 g/mol. The van der Waals surface area contributed by atoms with Crippen LogP contribution in [0.1, 0.15) is 36.1 Å². The fourth-order valence-electron chi connectivity index (χ4n) is 3.82. The largest absolute Gasteiger partial charge is 0.352 e. The molecule has 4 nitrogen and oxygen atoms in total. The minimum Gasteiger partial charge on any atom is -0.352 e. The van der Waals surface area contributed by atoms with Gasteiger partial charge in [0, 0.05) is 29.2 Å². The second kappa shape index (κ2) is 13.5. The van der Waals surface area contributed by atoms with Gasteiger partial charge in [-0.2, -0.15) is 0 Å². The van der Waals surface area contributed by atoms with E-state index in [2.05, 4.69) is 40.3 Å². The Labute approximate surface area is 221 Å². The number of nitrogens with zero attached hydrogens (tertiary/aromatic N) is 1. The van der Waals surface area contributed by atoms with Crippen molar-refractivity contribution in [1.29, 1.82) is 0 Å². The standard InChI is InChI=1S/C29H33BrN2O2S/c1-21(2)31-29(34)27(17-23-10-5-4-6-11-23)32(18-24-13-15-26(30)16-14-24)28(33)20-35-19-25-12-8-7-9-22(25)3/h4-16,21,27H,17-20H2,1-3H3,(H,31,34). The number of hydrogen-bond acceptors (Lipinski definition) is 3. The van der Waals surface area contributed by atoms with E-state index in [0.29, 0.717) is 18.7 Å². The minimum absolute atomic E-state index is 0.0131. The first-order valence-electron chi connectivity index (χ1n) is 11.8. The molecule has 184 valence electrons. The zero-order valence-electron chi connectivity index (χ0n) is 20.5. The van der Waals surface area contributed by atoms with Crippen molar-refractivity contribution >= 4 is 39.5 Å². The maximum atomic E-state index is 13.6. The summed E-state index contributed by atoms with van der Waals surface area (Å²) in [5.41, 5.74) is 4.46. The first kappa shape index (κ1) is 27.0. The minimum atomic E-state index is -0.602. The molecule has 6 heteroatoms. The molecule has 0 spiro atoms. The maximum absolute atomic E-state index is 13.6. The Kier molecular flexibility index (Phi) is 10.4. The van der Waals surface area contributed by atoms with Crippen molar-refractivity contribution in [3.63, 3.8) is 0 Å². The van der Waals surface area contributed by atoms with Crippen LogP contribution in [0.5, 0.6) is 0 Å². The van der Waals surface area contributed by atoms with E-state index < -0.39 is 6.04 Å². The lowest BCUT2D eigenvalue weighted by atomic mass is 10.0. The molecule has 3 rings (SSSR count). The zero-order chi connectivity index (χ0) is 25.2. The van der Waals surface area contributed by atoms with Crippen LogP contribution >= 0.6 is 27.7 Å². The molecule has 3 aromatic rings. The molecule has 0 heterocycles. The number of benzene rings is 3. The summed E-state index contributed by atoms with van der Waals surface area (Å²) in [5.74, 6) is 0.904. The van der Waals surface area contributed by atoms with Crippen molar-refractivity contribution in [3.8, 4) is 0 Å². The van der Waals surface area contributed by atoms with E-state index in [-0.39, 0.29) is 17.9 Å². The van der Waals surface area contributed by atoms with E-state index in [0.717, 1.165) is 21.4 Å². The highest BCUT2D eigenvalue weighted by atomic mass is 79.9.